The maximum atomic E-state index is 6.52. The molecule has 2 saturated heterocycles. The lowest BCUT2D eigenvalue weighted by Gasteiger charge is -2.57. The molecular weight excluding hydrogens is 532 g/mol. The van der Waals surface area contributed by atoms with Gasteiger partial charge in [-0.05, 0) is 114 Å². The van der Waals surface area contributed by atoms with Gasteiger partial charge in [0.1, 0.15) is 0 Å². The Morgan fingerprint density at radius 2 is 1.07 bits per heavy atom. The lowest BCUT2D eigenvalue weighted by Crippen LogP contribution is -2.64. The van der Waals surface area contributed by atoms with E-state index in [1.807, 2.05) is 0 Å². The average Bonchev–Trinajstić information content (AvgIpc) is 2.86. The Bertz CT molecular complexity index is 983. The van der Waals surface area contributed by atoms with Crippen LogP contribution in [0.4, 0.5) is 17.8 Å². The third kappa shape index (κ3) is 8.33. The van der Waals surface area contributed by atoms with E-state index in [0.29, 0.717) is 18.0 Å². The number of anilines is 3. The molecule has 43 heavy (non-hydrogen) atoms. The Balaban J connectivity index is 1.98. The molecule has 8 heteroatoms. The third-order valence-electron chi connectivity index (χ3n) is 10.5. The van der Waals surface area contributed by atoms with Crippen molar-refractivity contribution in [3.05, 3.63) is 0 Å². The predicted octanol–water partition coefficient (Wildman–Crippen LogP) is 7.53. The van der Waals surface area contributed by atoms with E-state index in [4.69, 9.17) is 20.7 Å². The van der Waals surface area contributed by atoms with Crippen LogP contribution in [0.1, 0.15) is 147 Å². The van der Waals surface area contributed by atoms with E-state index in [1.165, 1.54) is 32.1 Å². The molecule has 0 spiro atoms. The number of hydrogen-bond acceptors (Lipinski definition) is 8. The van der Waals surface area contributed by atoms with Crippen molar-refractivity contribution in [3.8, 4) is 0 Å². The Hall–Kier alpha value is -1.67. The van der Waals surface area contributed by atoms with E-state index < -0.39 is 0 Å². The first kappa shape index (κ1) is 35.8. The Kier molecular flexibility index (Phi) is 11.8. The molecule has 1 aromatic rings. The van der Waals surface area contributed by atoms with Crippen LogP contribution in [-0.2, 0) is 0 Å². The molecule has 0 amide bonds. The summed E-state index contributed by atoms with van der Waals surface area (Å²) < 4.78 is 0. The van der Waals surface area contributed by atoms with Gasteiger partial charge in [-0.3, -0.25) is 9.80 Å². The highest BCUT2D eigenvalue weighted by Gasteiger charge is 2.48. The molecule has 248 valence electrons. The van der Waals surface area contributed by atoms with Crippen LogP contribution in [0.25, 0.3) is 0 Å². The minimum atomic E-state index is 0.0877. The first-order valence-electron chi connectivity index (χ1n) is 17.6. The highest BCUT2D eigenvalue weighted by Crippen LogP contribution is 2.43. The van der Waals surface area contributed by atoms with Crippen molar-refractivity contribution in [2.24, 2.45) is 0 Å². The van der Waals surface area contributed by atoms with Crippen molar-refractivity contribution in [2.75, 3.05) is 41.7 Å². The molecule has 0 radical (unpaired) electrons. The van der Waals surface area contributed by atoms with Gasteiger partial charge in [-0.15, -0.1) is 0 Å². The molecule has 2 fully saturated rings. The van der Waals surface area contributed by atoms with Gasteiger partial charge >= 0.3 is 0 Å². The normalized spacial score (nSPS) is 22.5. The van der Waals surface area contributed by atoms with Crippen molar-refractivity contribution < 1.29 is 0 Å². The standard InChI is InChI=1S/C35H68N8/c1-13-17-19-21-41(28-25-34(9,10)43(22-20-18-14-2)35(11,12)26-28)31-38-29(36)37-30(39-31)40(15-3)27-23-32(5,6)42(16-4)33(7,8)24-27/h27-28H,13-26H2,1-12H3,(H2,36,37,38,39). The highest BCUT2D eigenvalue weighted by atomic mass is 15.4. The van der Waals surface area contributed by atoms with Crippen LogP contribution >= 0.6 is 0 Å². The first-order valence-corrected chi connectivity index (χ1v) is 17.6. The van der Waals surface area contributed by atoms with Crippen LogP contribution in [0.2, 0.25) is 0 Å². The molecule has 2 aliphatic rings. The number of hydrogen-bond donors (Lipinski definition) is 1. The first-order chi connectivity index (χ1) is 20.0. The molecule has 1 aromatic heterocycles. The van der Waals surface area contributed by atoms with Gasteiger partial charge in [0, 0.05) is 47.3 Å². The van der Waals surface area contributed by atoms with E-state index in [-0.39, 0.29) is 22.2 Å². The molecule has 2 N–H and O–H groups in total. The zero-order chi connectivity index (χ0) is 32.2. The number of rotatable bonds is 14. The molecule has 0 saturated carbocycles. The van der Waals surface area contributed by atoms with Crippen LogP contribution in [0.3, 0.4) is 0 Å². The zero-order valence-corrected chi connectivity index (χ0v) is 30.3. The van der Waals surface area contributed by atoms with Gasteiger partial charge in [0.15, 0.2) is 0 Å². The summed E-state index contributed by atoms with van der Waals surface area (Å²) in [5.74, 6) is 1.83. The molecule has 0 aliphatic carbocycles. The van der Waals surface area contributed by atoms with Crippen molar-refractivity contribution in [2.45, 2.75) is 182 Å². The highest BCUT2D eigenvalue weighted by molar-refractivity contribution is 5.45. The zero-order valence-electron chi connectivity index (χ0n) is 30.3. The quantitative estimate of drug-likeness (QED) is 0.220. The summed E-state index contributed by atoms with van der Waals surface area (Å²) >= 11 is 0. The molecule has 0 aromatic carbocycles. The maximum absolute atomic E-state index is 6.52. The van der Waals surface area contributed by atoms with E-state index in [2.05, 4.69) is 103 Å². The van der Waals surface area contributed by atoms with Crippen LogP contribution in [0.15, 0.2) is 0 Å². The summed E-state index contributed by atoms with van der Waals surface area (Å²) in [6.07, 6.45) is 11.6. The second-order valence-electron chi connectivity index (χ2n) is 16.0. The van der Waals surface area contributed by atoms with Gasteiger partial charge in [-0.25, -0.2) is 0 Å². The fourth-order valence-electron chi connectivity index (χ4n) is 9.12. The summed E-state index contributed by atoms with van der Waals surface area (Å²) in [5, 5.41) is 0. The topological polar surface area (TPSA) is 77.7 Å². The van der Waals surface area contributed by atoms with E-state index in [1.54, 1.807) is 0 Å². The average molecular weight is 601 g/mol. The summed E-state index contributed by atoms with van der Waals surface area (Å²) in [4.78, 5) is 25.2. The van der Waals surface area contributed by atoms with Gasteiger partial charge in [0.05, 0.1) is 0 Å². The Morgan fingerprint density at radius 1 is 0.628 bits per heavy atom. The Labute approximate surface area is 265 Å². The number of aromatic nitrogens is 3. The van der Waals surface area contributed by atoms with Gasteiger partial charge in [0.2, 0.25) is 17.8 Å². The summed E-state index contributed by atoms with van der Waals surface area (Å²) in [6, 6.07) is 0.685. The van der Waals surface area contributed by atoms with Crippen molar-refractivity contribution >= 4 is 17.8 Å². The molecule has 0 unspecified atom stereocenters. The lowest BCUT2D eigenvalue weighted by molar-refractivity contribution is -0.0370. The van der Waals surface area contributed by atoms with Crippen molar-refractivity contribution in [3.63, 3.8) is 0 Å². The monoisotopic (exact) mass is 601 g/mol. The molecular formula is C35H68N8. The maximum Gasteiger partial charge on any atom is 0.232 e. The van der Waals surface area contributed by atoms with E-state index >= 15 is 0 Å². The summed E-state index contributed by atoms with van der Waals surface area (Å²) in [5.41, 5.74) is 6.87. The number of likely N-dealkylation sites (tertiary alicyclic amines) is 2. The minimum absolute atomic E-state index is 0.0877. The largest absolute Gasteiger partial charge is 0.368 e. The van der Waals surface area contributed by atoms with Crippen LogP contribution in [-0.4, -0.2) is 85.2 Å². The van der Waals surface area contributed by atoms with Crippen LogP contribution in [0, 0.1) is 0 Å². The van der Waals surface area contributed by atoms with E-state index in [9.17, 15) is 0 Å². The number of nitrogens with zero attached hydrogens (tertiary/aromatic N) is 7. The number of nitrogens with two attached hydrogens (primary N) is 1. The minimum Gasteiger partial charge on any atom is -0.368 e. The third-order valence-corrected chi connectivity index (χ3v) is 10.5. The SMILES string of the molecule is CCCCCN(c1nc(N)nc(N(CC)C2CC(C)(C)N(CC)C(C)(C)C2)n1)C1CC(C)(C)N(CCCCC)C(C)(C)C1. The van der Waals surface area contributed by atoms with Crippen LogP contribution < -0.4 is 15.5 Å². The van der Waals surface area contributed by atoms with Gasteiger partial charge in [-0.1, -0.05) is 46.5 Å². The number of nitrogen functional groups attached to an aromatic ring is 1. The molecule has 3 rings (SSSR count). The molecule has 0 atom stereocenters. The second-order valence-corrected chi connectivity index (χ2v) is 16.0. The fraction of sp³-hybridized carbons (Fsp3) is 0.914. The predicted molar refractivity (Wildman–Crippen MR) is 185 cm³/mol. The molecule has 2 aliphatic heterocycles. The smallest absolute Gasteiger partial charge is 0.232 e. The number of piperidine rings is 2. The molecule has 8 nitrogen and oxygen atoms in total. The second kappa shape index (κ2) is 14.2. The van der Waals surface area contributed by atoms with Gasteiger partial charge in [-0.2, -0.15) is 15.0 Å². The summed E-state index contributed by atoms with van der Waals surface area (Å²) in [7, 11) is 0. The van der Waals surface area contributed by atoms with Crippen LogP contribution in [0.5, 0.6) is 0 Å². The van der Waals surface area contributed by atoms with E-state index in [0.717, 1.165) is 70.2 Å². The molecule has 0 bridgehead atoms. The lowest BCUT2D eigenvalue weighted by atomic mass is 9.76. The van der Waals surface area contributed by atoms with Crippen molar-refractivity contribution in [1.82, 2.24) is 24.8 Å². The number of unbranched alkanes of at least 4 members (excludes halogenated alkanes) is 4. The van der Waals surface area contributed by atoms with Gasteiger partial charge in [0.25, 0.3) is 0 Å². The van der Waals surface area contributed by atoms with Crippen molar-refractivity contribution in [1.29, 1.82) is 0 Å². The van der Waals surface area contributed by atoms with Gasteiger partial charge < -0.3 is 15.5 Å². The Morgan fingerprint density at radius 3 is 1.53 bits per heavy atom. The summed E-state index contributed by atoms with van der Waals surface area (Å²) in [6.45, 7) is 32.4. The fourth-order valence-corrected chi connectivity index (χ4v) is 9.12. The molecule has 3 heterocycles.